The predicted octanol–water partition coefficient (Wildman–Crippen LogP) is 4.03. The van der Waals surface area contributed by atoms with Gasteiger partial charge in [-0.15, -0.1) is 0 Å². The maximum absolute atomic E-state index is 11.1. The molecule has 0 aromatic heterocycles. The highest BCUT2D eigenvalue weighted by atomic mass is 79.9. The molecule has 0 amide bonds. The first-order valence-electron chi connectivity index (χ1n) is 5.20. The SMILES string of the molecule is COc1ccc(-c2cccc(Br)c2)c([N+](=O)[O-])c1. The van der Waals surface area contributed by atoms with Crippen LogP contribution in [0, 0.1) is 10.1 Å². The quantitative estimate of drug-likeness (QED) is 0.635. The number of nitrogens with zero attached hydrogens (tertiary/aromatic N) is 1. The molecule has 0 atom stereocenters. The van der Waals surface area contributed by atoms with Gasteiger partial charge in [-0.05, 0) is 29.8 Å². The number of nitro benzene ring substituents is 1. The molecule has 0 aliphatic carbocycles. The number of ether oxygens (including phenoxy) is 1. The summed E-state index contributed by atoms with van der Waals surface area (Å²) in [7, 11) is 1.48. The highest BCUT2D eigenvalue weighted by molar-refractivity contribution is 9.10. The summed E-state index contributed by atoms with van der Waals surface area (Å²) in [5, 5.41) is 11.1. The summed E-state index contributed by atoms with van der Waals surface area (Å²) in [6.07, 6.45) is 0. The summed E-state index contributed by atoms with van der Waals surface area (Å²) < 4.78 is 5.89. The first-order chi connectivity index (χ1) is 8.61. The van der Waals surface area contributed by atoms with Crippen molar-refractivity contribution in [1.82, 2.24) is 0 Å². The van der Waals surface area contributed by atoms with Crippen molar-refractivity contribution in [3.05, 3.63) is 57.1 Å². The van der Waals surface area contributed by atoms with Gasteiger partial charge in [0.05, 0.1) is 23.7 Å². The summed E-state index contributed by atoms with van der Waals surface area (Å²) in [5.74, 6) is 0.473. The van der Waals surface area contributed by atoms with Crippen LogP contribution in [0.3, 0.4) is 0 Å². The van der Waals surface area contributed by atoms with Crippen LogP contribution >= 0.6 is 15.9 Å². The van der Waals surface area contributed by atoms with Gasteiger partial charge in [-0.2, -0.15) is 0 Å². The van der Waals surface area contributed by atoms with Crippen LogP contribution < -0.4 is 4.74 Å². The zero-order valence-corrected chi connectivity index (χ0v) is 11.2. The molecule has 18 heavy (non-hydrogen) atoms. The second kappa shape index (κ2) is 5.18. The Morgan fingerprint density at radius 2 is 2.00 bits per heavy atom. The fourth-order valence-corrected chi connectivity index (χ4v) is 2.09. The van der Waals surface area contributed by atoms with Gasteiger partial charge in [0.25, 0.3) is 5.69 Å². The van der Waals surface area contributed by atoms with Crippen LogP contribution in [0.2, 0.25) is 0 Å². The Hall–Kier alpha value is -1.88. The minimum atomic E-state index is -0.404. The number of hydrogen-bond donors (Lipinski definition) is 0. The highest BCUT2D eigenvalue weighted by Gasteiger charge is 2.16. The minimum Gasteiger partial charge on any atom is -0.497 e. The van der Waals surface area contributed by atoms with E-state index in [1.54, 1.807) is 12.1 Å². The van der Waals surface area contributed by atoms with Gasteiger partial charge in [0.15, 0.2) is 0 Å². The minimum absolute atomic E-state index is 0.0347. The van der Waals surface area contributed by atoms with Gasteiger partial charge < -0.3 is 4.74 Å². The third-order valence-electron chi connectivity index (χ3n) is 2.54. The Morgan fingerprint density at radius 1 is 1.22 bits per heavy atom. The van der Waals surface area contributed by atoms with Crippen LogP contribution in [0.25, 0.3) is 11.1 Å². The topological polar surface area (TPSA) is 52.4 Å². The molecule has 4 nitrogen and oxygen atoms in total. The van der Waals surface area contributed by atoms with E-state index in [0.717, 1.165) is 10.0 Å². The molecule has 5 heteroatoms. The van der Waals surface area contributed by atoms with Crippen molar-refractivity contribution >= 4 is 21.6 Å². The molecule has 0 unspecified atom stereocenters. The summed E-state index contributed by atoms with van der Waals surface area (Å²) >= 11 is 3.35. The number of methoxy groups -OCH3 is 1. The normalized spacial score (nSPS) is 10.1. The Balaban J connectivity index is 2.60. The first-order valence-corrected chi connectivity index (χ1v) is 5.99. The van der Waals surface area contributed by atoms with Gasteiger partial charge in [-0.1, -0.05) is 28.1 Å². The van der Waals surface area contributed by atoms with Gasteiger partial charge in [-0.3, -0.25) is 10.1 Å². The predicted molar refractivity (Wildman–Crippen MR) is 72.8 cm³/mol. The molecule has 92 valence electrons. The Kier molecular flexibility index (Phi) is 3.62. The smallest absolute Gasteiger partial charge is 0.280 e. The Labute approximate surface area is 112 Å². The molecule has 0 aliphatic heterocycles. The van der Waals surface area contributed by atoms with Crippen molar-refractivity contribution in [3.8, 4) is 16.9 Å². The van der Waals surface area contributed by atoms with E-state index in [2.05, 4.69) is 15.9 Å². The molecule has 2 rings (SSSR count). The van der Waals surface area contributed by atoms with Crippen molar-refractivity contribution in [2.45, 2.75) is 0 Å². The van der Waals surface area contributed by atoms with E-state index in [-0.39, 0.29) is 5.69 Å². The van der Waals surface area contributed by atoms with Crippen LogP contribution in [-0.2, 0) is 0 Å². The van der Waals surface area contributed by atoms with Crippen LogP contribution in [0.15, 0.2) is 46.9 Å². The van der Waals surface area contributed by atoms with E-state index < -0.39 is 4.92 Å². The summed E-state index contributed by atoms with van der Waals surface area (Å²) in [6, 6.07) is 12.2. The van der Waals surface area contributed by atoms with Crippen LogP contribution in [0.1, 0.15) is 0 Å². The summed E-state index contributed by atoms with van der Waals surface area (Å²) in [4.78, 5) is 10.7. The van der Waals surface area contributed by atoms with Gasteiger partial charge >= 0.3 is 0 Å². The van der Waals surface area contributed by atoms with Crippen molar-refractivity contribution in [3.63, 3.8) is 0 Å². The number of hydrogen-bond acceptors (Lipinski definition) is 3. The molecule has 0 fully saturated rings. The lowest BCUT2D eigenvalue weighted by atomic mass is 10.0. The van der Waals surface area contributed by atoms with E-state index >= 15 is 0 Å². The monoisotopic (exact) mass is 307 g/mol. The first kappa shape index (κ1) is 12.6. The largest absolute Gasteiger partial charge is 0.497 e. The van der Waals surface area contributed by atoms with Crippen molar-refractivity contribution in [2.75, 3.05) is 7.11 Å². The van der Waals surface area contributed by atoms with Crippen LogP contribution in [0.4, 0.5) is 5.69 Å². The average Bonchev–Trinajstić information content (AvgIpc) is 2.38. The Morgan fingerprint density at radius 3 is 2.61 bits per heavy atom. The second-order valence-electron chi connectivity index (χ2n) is 3.65. The standard InChI is InChI=1S/C13H10BrNO3/c1-18-11-5-6-12(13(8-11)15(16)17)9-3-2-4-10(14)7-9/h2-8H,1H3. The molecule has 0 spiro atoms. The lowest BCUT2D eigenvalue weighted by Crippen LogP contribution is -1.93. The zero-order chi connectivity index (χ0) is 13.1. The van der Waals surface area contributed by atoms with Gasteiger partial charge in [-0.25, -0.2) is 0 Å². The third kappa shape index (κ3) is 2.51. The fraction of sp³-hybridized carbons (Fsp3) is 0.0769. The van der Waals surface area contributed by atoms with Crippen molar-refractivity contribution < 1.29 is 9.66 Å². The van der Waals surface area contributed by atoms with E-state index in [9.17, 15) is 10.1 Å². The van der Waals surface area contributed by atoms with E-state index in [4.69, 9.17) is 4.74 Å². The van der Waals surface area contributed by atoms with Gasteiger partial charge in [0, 0.05) is 4.47 Å². The van der Waals surface area contributed by atoms with Gasteiger partial charge in [0.1, 0.15) is 5.75 Å². The second-order valence-corrected chi connectivity index (χ2v) is 4.57. The van der Waals surface area contributed by atoms with E-state index in [1.807, 2.05) is 24.3 Å². The lowest BCUT2D eigenvalue weighted by molar-refractivity contribution is -0.384. The lowest BCUT2D eigenvalue weighted by Gasteiger charge is -2.06. The van der Waals surface area contributed by atoms with Crippen LogP contribution in [0.5, 0.6) is 5.75 Å². The molecule has 0 radical (unpaired) electrons. The maximum Gasteiger partial charge on any atom is 0.280 e. The zero-order valence-electron chi connectivity index (χ0n) is 9.59. The van der Waals surface area contributed by atoms with Crippen LogP contribution in [-0.4, -0.2) is 12.0 Å². The molecule has 0 saturated carbocycles. The van der Waals surface area contributed by atoms with Crippen molar-refractivity contribution in [2.24, 2.45) is 0 Å². The molecular weight excluding hydrogens is 298 g/mol. The van der Waals surface area contributed by atoms with Crippen molar-refractivity contribution in [1.29, 1.82) is 0 Å². The molecule has 0 aliphatic rings. The molecule has 2 aromatic rings. The molecule has 0 heterocycles. The average molecular weight is 308 g/mol. The summed E-state index contributed by atoms with van der Waals surface area (Å²) in [6.45, 7) is 0. The van der Waals surface area contributed by atoms with E-state index in [1.165, 1.54) is 13.2 Å². The van der Waals surface area contributed by atoms with E-state index in [0.29, 0.717) is 11.3 Å². The Bertz CT molecular complexity index is 599. The molecule has 0 N–H and O–H groups in total. The van der Waals surface area contributed by atoms with Gasteiger partial charge in [0.2, 0.25) is 0 Å². The number of benzene rings is 2. The number of halogens is 1. The highest BCUT2D eigenvalue weighted by Crippen LogP contribution is 2.34. The molecular formula is C13H10BrNO3. The summed E-state index contributed by atoms with van der Waals surface area (Å²) in [5.41, 5.74) is 1.40. The molecule has 2 aromatic carbocycles. The third-order valence-corrected chi connectivity index (χ3v) is 3.03. The molecule has 0 saturated heterocycles. The maximum atomic E-state index is 11.1. The number of rotatable bonds is 3. The number of nitro groups is 1. The fourth-order valence-electron chi connectivity index (χ4n) is 1.69. The molecule has 0 bridgehead atoms.